The fourth-order valence-electron chi connectivity index (χ4n) is 2.87. The van der Waals surface area contributed by atoms with Crippen LogP contribution in [0.1, 0.15) is 35.3 Å². The fraction of sp³-hybridized carbons (Fsp3) is 0.278. The summed E-state index contributed by atoms with van der Waals surface area (Å²) in [5, 5.41) is 9.90. The maximum atomic E-state index is 9.90. The molecule has 3 rings (SSSR count). The molecular weight excluding hydrogens is 289 g/mol. The summed E-state index contributed by atoms with van der Waals surface area (Å²) in [5.41, 5.74) is 5.15. The lowest BCUT2D eigenvalue weighted by molar-refractivity contribution is 0.208. The van der Waals surface area contributed by atoms with E-state index in [1.54, 1.807) is 0 Å². The lowest BCUT2D eigenvalue weighted by atomic mass is 9.78. The average molecular weight is 307 g/mol. The van der Waals surface area contributed by atoms with Gasteiger partial charge >= 0.3 is 7.12 Å². The minimum atomic E-state index is -0.866. The first-order chi connectivity index (χ1) is 10.9. The van der Waals surface area contributed by atoms with E-state index in [-0.39, 0.29) is 6.10 Å². The van der Waals surface area contributed by atoms with Crippen molar-refractivity contribution >= 4 is 18.3 Å². The molecule has 0 saturated heterocycles. The molecule has 4 nitrogen and oxygen atoms in total. The van der Waals surface area contributed by atoms with Crippen molar-refractivity contribution in [3.63, 3.8) is 0 Å². The molecule has 0 aromatic heterocycles. The van der Waals surface area contributed by atoms with Crippen LogP contribution in [0.4, 0.5) is 5.69 Å². The molecule has 0 fully saturated rings. The van der Waals surface area contributed by atoms with Gasteiger partial charge in [-0.3, -0.25) is 0 Å². The number of rotatable bonds is 2. The topological polar surface area (TPSA) is 43.0 Å². The molecule has 0 radical (unpaired) electrons. The average Bonchev–Trinajstić information content (AvgIpc) is 2.77. The third-order valence-electron chi connectivity index (χ3n) is 4.25. The van der Waals surface area contributed by atoms with Gasteiger partial charge in [0.05, 0.1) is 12.7 Å². The van der Waals surface area contributed by atoms with Crippen molar-refractivity contribution in [3.05, 3.63) is 57.9 Å². The minimum Gasteiger partial charge on any atom is -0.457 e. The number of hydrogen-bond donors (Lipinski definition) is 1. The Labute approximate surface area is 136 Å². The normalized spacial score (nSPS) is 16.2. The van der Waals surface area contributed by atoms with Crippen LogP contribution >= 0.6 is 0 Å². The van der Waals surface area contributed by atoms with Crippen LogP contribution in [0.25, 0.3) is 4.85 Å². The third-order valence-corrected chi connectivity index (χ3v) is 4.25. The summed E-state index contributed by atoms with van der Waals surface area (Å²) in [4.78, 5) is 3.51. The summed E-state index contributed by atoms with van der Waals surface area (Å²) in [7, 11) is -0.866. The molecular formula is C18H18BNO3. The molecule has 0 bridgehead atoms. The van der Waals surface area contributed by atoms with Crippen LogP contribution in [0.5, 0.6) is 11.5 Å². The van der Waals surface area contributed by atoms with Gasteiger partial charge in [0.2, 0.25) is 0 Å². The van der Waals surface area contributed by atoms with Crippen molar-refractivity contribution in [3.8, 4) is 11.5 Å². The van der Waals surface area contributed by atoms with Crippen LogP contribution in [0.2, 0.25) is 0 Å². The van der Waals surface area contributed by atoms with E-state index in [2.05, 4.69) is 4.85 Å². The van der Waals surface area contributed by atoms with E-state index in [0.717, 1.165) is 39.2 Å². The number of aryl methyl sites for hydroxylation is 3. The number of nitrogens with zero attached hydrogens (tertiary/aromatic N) is 1. The molecule has 1 aliphatic rings. The molecule has 0 aliphatic carbocycles. The van der Waals surface area contributed by atoms with Crippen molar-refractivity contribution in [2.24, 2.45) is 0 Å². The molecule has 1 unspecified atom stereocenters. The van der Waals surface area contributed by atoms with Crippen LogP contribution in [0.3, 0.4) is 0 Å². The van der Waals surface area contributed by atoms with Crippen LogP contribution < -0.4 is 10.2 Å². The Balaban J connectivity index is 2.00. The Morgan fingerprint density at radius 1 is 1.09 bits per heavy atom. The third kappa shape index (κ3) is 2.72. The second-order valence-corrected chi connectivity index (χ2v) is 6.00. The second kappa shape index (κ2) is 5.73. The fourth-order valence-corrected chi connectivity index (χ4v) is 2.87. The van der Waals surface area contributed by atoms with Gasteiger partial charge < -0.3 is 14.4 Å². The van der Waals surface area contributed by atoms with Crippen molar-refractivity contribution in [2.75, 3.05) is 0 Å². The monoisotopic (exact) mass is 307 g/mol. The zero-order chi connectivity index (χ0) is 16.7. The van der Waals surface area contributed by atoms with E-state index in [1.807, 2.05) is 52.0 Å². The summed E-state index contributed by atoms with van der Waals surface area (Å²) >= 11 is 0. The van der Waals surface area contributed by atoms with Crippen LogP contribution in [-0.4, -0.2) is 12.1 Å². The molecule has 0 amide bonds. The maximum absolute atomic E-state index is 9.90. The van der Waals surface area contributed by atoms with Gasteiger partial charge in [-0.1, -0.05) is 6.07 Å². The molecule has 116 valence electrons. The zero-order valence-electron chi connectivity index (χ0n) is 13.7. The molecule has 2 aromatic rings. The Morgan fingerprint density at radius 2 is 1.74 bits per heavy atom. The first-order valence-corrected chi connectivity index (χ1v) is 7.55. The summed E-state index contributed by atoms with van der Waals surface area (Å²) in [6, 6.07) is 7.58. The highest BCUT2D eigenvalue weighted by Crippen LogP contribution is 2.35. The SMILES string of the molecule is [C-]#[N+]c1cc(C)c(Oc2cc3c(cc2C)B(O)OC3C)cc1C. The van der Waals surface area contributed by atoms with E-state index in [1.165, 1.54) is 0 Å². The predicted octanol–water partition coefficient (Wildman–Crippen LogP) is 3.73. The van der Waals surface area contributed by atoms with Gasteiger partial charge in [0, 0.05) is 0 Å². The summed E-state index contributed by atoms with van der Waals surface area (Å²) < 4.78 is 11.5. The number of ether oxygens (including phenoxy) is 1. The molecule has 2 aromatic carbocycles. The Bertz CT molecular complexity index is 826. The first-order valence-electron chi connectivity index (χ1n) is 7.55. The molecule has 5 heteroatoms. The highest BCUT2D eigenvalue weighted by atomic mass is 16.5. The van der Waals surface area contributed by atoms with Gasteiger partial charge in [-0.2, -0.15) is 0 Å². The van der Waals surface area contributed by atoms with Crippen molar-refractivity contribution in [1.29, 1.82) is 0 Å². The van der Waals surface area contributed by atoms with Gasteiger partial charge in [0.1, 0.15) is 11.5 Å². The lowest BCUT2D eigenvalue weighted by Gasteiger charge is -2.15. The summed E-state index contributed by atoms with van der Waals surface area (Å²) in [6.45, 7) is 14.9. The van der Waals surface area contributed by atoms with Gasteiger partial charge in [-0.15, -0.1) is 0 Å². The summed E-state index contributed by atoms with van der Waals surface area (Å²) in [6.07, 6.45) is -0.157. The van der Waals surface area contributed by atoms with Gasteiger partial charge in [-0.05, 0) is 73.6 Å². The Hall–Kier alpha value is -2.29. The standard InChI is InChI=1S/C18H18BNO3/c1-10-8-17(12(3)7-16(10)20-5)22-18-9-14-13(4)23-19(21)15(14)6-11(18)2/h6-9,13,21H,1-4H3. The molecule has 1 atom stereocenters. The van der Waals surface area contributed by atoms with Crippen molar-refractivity contribution in [2.45, 2.75) is 33.8 Å². The largest absolute Gasteiger partial charge is 0.491 e. The van der Waals surface area contributed by atoms with Gasteiger partial charge in [-0.25, -0.2) is 4.85 Å². The van der Waals surface area contributed by atoms with E-state index >= 15 is 0 Å². The van der Waals surface area contributed by atoms with E-state index in [9.17, 15) is 5.02 Å². The van der Waals surface area contributed by atoms with Crippen molar-refractivity contribution in [1.82, 2.24) is 0 Å². The van der Waals surface area contributed by atoms with Crippen LogP contribution in [-0.2, 0) is 4.65 Å². The van der Waals surface area contributed by atoms with E-state index in [0.29, 0.717) is 5.69 Å². The smallest absolute Gasteiger partial charge is 0.457 e. The highest BCUT2D eigenvalue weighted by molar-refractivity contribution is 6.61. The molecule has 1 heterocycles. The Kier molecular flexibility index (Phi) is 3.89. The van der Waals surface area contributed by atoms with Crippen molar-refractivity contribution < 1.29 is 14.4 Å². The number of fused-ring (bicyclic) bond motifs is 1. The Morgan fingerprint density at radius 3 is 2.43 bits per heavy atom. The second-order valence-electron chi connectivity index (χ2n) is 6.00. The molecule has 23 heavy (non-hydrogen) atoms. The first kappa shape index (κ1) is 15.6. The predicted molar refractivity (Wildman–Crippen MR) is 90.5 cm³/mol. The number of benzene rings is 2. The van der Waals surface area contributed by atoms with Gasteiger partial charge in [0.15, 0.2) is 5.69 Å². The minimum absolute atomic E-state index is 0.157. The highest BCUT2D eigenvalue weighted by Gasteiger charge is 2.33. The summed E-state index contributed by atoms with van der Waals surface area (Å²) in [5.74, 6) is 1.48. The van der Waals surface area contributed by atoms with Crippen LogP contribution in [0.15, 0.2) is 24.3 Å². The lowest BCUT2D eigenvalue weighted by Crippen LogP contribution is -2.28. The molecule has 0 spiro atoms. The van der Waals surface area contributed by atoms with Gasteiger partial charge in [0.25, 0.3) is 0 Å². The number of hydrogen-bond acceptors (Lipinski definition) is 3. The van der Waals surface area contributed by atoms with E-state index < -0.39 is 7.12 Å². The zero-order valence-corrected chi connectivity index (χ0v) is 13.7. The van der Waals surface area contributed by atoms with Crippen LogP contribution in [0, 0.1) is 27.3 Å². The quantitative estimate of drug-likeness (QED) is 0.679. The maximum Gasteiger partial charge on any atom is 0.491 e. The molecule has 1 aliphatic heterocycles. The molecule has 0 saturated carbocycles. The molecule has 1 N–H and O–H groups in total. The van der Waals surface area contributed by atoms with E-state index in [4.69, 9.17) is 16.0 Å².